The normalized spacial score (nSPS) is 12.9. The summed E-state index contributed by atoms with van der Waals surface area (Å²) in [7, 11) is 0. The first-order valence-electron chi connectivity index (χ1n) is 6.10. The molecule has 2 aromatic carbocycles. The molecule has 94 valence electrons. The van der Waals surface area contributed by atoms with Crippen LogP contribution in [0.4, 0.5) is 11.4 Å². The number of para-hydroxylation sites is 1. The van der Waals surface area contributed by atoms with Gasteiger partial charge in [-0.1, -0.05) is 30.3 Å². The van der Waals surface area contributed by atoms with Gasteiger partial charge >= 0.3 is 0 Å². The van der Waals surface area contributed by atoms with Crippen LogP contribution in [0.15, 0.2) is 53.5 Å². The van der Waals surface area contributed by atoms with Crippen LogP contribution in [-0.2, 0) is 12.8 Å². The van der Waals surface area contributed by atoms with Crippen LogP contribution in [0.25, 0.3) is 0 Å². The molecule has 0 aliphatic carbocycles. The third-order valence-corrected chi connectivity index (χ3v) is 3.22. The van der Waals surface area contributed by atoms with Crippen molar-refractivity contribution in [1.29, 1.82) is 0 Å². The summed E-state index contributed by atoms with van der Waals surface area (Å²) in [4.78, 5) is 14.8. The van der Waals surface area contributed by atoms with Crippen LogP contribution in [0.1, 0.15) is 11.1 Å². The molecule has 0 fully saturated rings. The Morgan fingerprint density at radius 3 is 2.53 bits per heavy atom. The summed E-state index contributed by atoms with van der Waals surface area (Å²) in [6.07, 6.45) is 1.61. The van der Waals surface area contributed by atoms with E-state index < -0.39 is 0 Å². The maximum Gasteiger partial charge on any atom is 0.269 e. The monoisotopic (exact) mass is 252 g/mol. The second-order valence-electron chi connectivity index (χ2n) is 4.58. The maximum absolute atomic E-state index is 10.6. The molecule has 0 radical (unpaired) electrons. The Balaban J connectivity index is 1.75. The number of hydrogen-bond acceptors (Lipinski definition) is 3. The number of nitro groups is 1. The van der Waals surface area contributed by atoms with Gasteiger partial charge < -0.3 is 0 Å². The summed E-state index contributed by atoms with van der Waals surface area (Å²) in [5.41, 5.74) is 4.58. The fraction of sp³-hybridized carbons (Fsp3) is 0.133. The number of nitrogens with zero attached hydrogens (tertiary/aromatic N) is 2. The Bertz CT molecular complexity index is 660. The van der Waals surface area contributed by atoms with Crippen molar-refractivity contribution in [2.24, 2.45) is 4.99 Å². The third kappa shape index (κ3) is 2.38. The van der Waals surface area contributed by atoms with Crippen molar-refractivity contribution in [3.63, 3.8) is 0 Å². The summed E-state index contributed by atoms with van der Waals surface area (Å²) >= 11 is 0. The molecule has 0 amide bonds. The molecule has 0 unspecified atom stereocenters. The number of rotatable bonds is 3. The van der Waals surface area contributed by atoms with Gasteiger partial charge in [0.15, 0.2) is 0 Å². The molecular weight excluding hydrogens is 240 g/mol. The zero-order valence-corrected chi connectivity index (χ0v) is 10.2. The number of nitro benzene ring substituents is 1. The minimum absolute atomic E-state index is 0.125. The molecule has 0 saturated heterocycles. The van der Waals surface area contributed by atoms with Crippen molar-refractivity contribution >= 4 is 17.1 Å². The fourth-order valence-corrected chi connectivity index (χ4v) is 2.27. The summed E-state index contributed by atoms with van der Waals surface area (Å²) in [5, 5.41) is 10.6. The van der Waals surface area contributed by atoms with Gasteiger partial charge in [0.05, 0.1) is 10.6 Å². The van der Waals surface area contributed by atoms with Crippen molar-refractivity contribution in [3.8, 4) is 0 Å². The first-order chi connectivity index (χ1) is 9.22. The molecule has 19 heavy (non-hydrogen) atoms. The summed E-state index contributed by atoms with van der Waals surface area (Å²) < 4.78 is 0. The van der Waals surface area contributed by atoms with E-state index in [2.05, 4.69) is 11.1 Å². The molecule has 1 aliphatic heterocycles. The number of hydrogen-bond donors (Lipinski definition) is 0. The molecule has 0 N–H and O–H groups in total. The fourth-order valence-electron chi connectivity index (χ4n) is 2.27. The molecule has 0 bridgehead atoms. The smallest absolute Gasteiger partial charge is 0.258 e. The molecule has 4 nitrogen and oxygen atoms in total. The Kier molecular flexibility index (Phi) is 2.83. The minimum atomic E-state index is -0.382. The molecule has 0 saturated carbocycles. The third-order valence-electron chi connectivity index (χ3n) is 3.22. The lowest BCUT2D eigenvalue weighted by atomic mass is 10.0. The molecule has 0 atom stereocenters. The molecule has 4 heteroatoms. The van der Waals surface area contributed by atoms with Crippen molar-refractivity contribution in [3.05, 3.63) is 69.8 Å². The minimum Gasteiger partial charge on any atom is -0.258 e. The molecule has 2 aromatic rings. The van der Waals surface area contributed by atoms with Gasteiger partial charge in [-0.3, -0.25) is 15.1 Å². The van der Waals surface area contributed by atoms with Crippen LogP contribution < -0.4 is 0 Å². The highest BCUT2D eigenvalue weighted by Crippen LogP contribution is 2.27. The van der Waals surface area contributed by atoms with Gasteiger partial charge in [-0.25, -0.2) is 0 Å². The first-order valence-corrected chi connectivity index (χ1v) is 6.10. The molecule has 0 spiro atoms. The van der Waals surface area contributed by atoms with Crippen LogP contribution in [0.3, 0.4) is 0 Å². The lowest BCUT2D eigenvalue weighted by Gasteiger charge is -2.00. The van der Waals surface area contributed by atoms with Crippen molar-refractivity contribution in [1.82, 2.24) is 0 Å². The Morgan fingerprint density at radius 1 is 1.11 bits per heavy atom. The van der Waals surface area contributed by atoms with Gasteiger partial charge in [0.2, 0.25) is 0 Å². The van der Waals surface area contributed by atoms with E-state index in [-0.39, 0.29) is 10.6 Å². The number of benzene rings is 2. The van der Waals surface area contributed by atoms with Crippen LogP contribution in [0.5, 0.6) is 0 Å². The SMILES string of the molecule is O=[N+]([O-])c1ccc(CC2=Nc3ccccc3C2)cc1. The van der Waals surface area contributed by atoms with Crippen molar-refractivity contribution < 1.29 is 4.92 Å². The number of fused-ring (bicyclic) bond motifs is 1. The maximum atomic E-state index is 10.6. The van der Waals surface area contributed by atoms with E-state index in [1.54, 1.807) is 12.1 Å². The number of non-ortho nitro benzene ring substituents is 1. The largest absolute Gasteiger partial charge is 0.269 e. The highest BCUT2D eigenvalue weighted by molar-refractivity contribution is 5.95. The van der Waals surface area contributed by atoms with Crippen LogP contribution in [-0.4, -0.2) is 10.6 Å². The van der Waals surface area contributed by atoms with E-state index >= 15 is 0 Å². The topological polar surface area (TPSA) is 55.5 Å². The zero-order chi connectivity index (χ0) is 13.2. The zero-order valence-electron chi connectivity index (χ0n) is 10.2. The van der Waals surface area contributed by atoms with E-state index in [0.717, 1.165) is 29.8 Å². The summed E-state index contributed by atoms with van der Waals surface area (Å²) in [6, 6.07) is 14.8. The standard InChI is InChI=1S/C15H12N2O2/c18-17(19)14-7-5-11(6-8-14)9-13-10-12-3-1-2-4-15(12)16-13/h1-8H,9-10H2. The predicted octanol–water partition coefficient (Wildman–Crippen LogP) is 3.47. The second kappa shape index (κ2) is 4.65. The number of aliphatic imine (C=N–C) groups is 1. The van der Waals surface area contributed by atoms with E-state index in [9.17, 15) is 10.1 Å². The predicted molar refractivity (Wildman–Crippen MR) is 74.0 cm³/mol. The van der Waals surface area contributed by atoms with E-state index in [1.807, 2.05) is 18.2 Å². The van der Waals surface area contributed by atoms with Crippen LogP contribution >= 0.6 is 0 Å². The summed E-state index contributed by atoms with van der Waals surface area (Å²) in [6.45, 7) is 0. The van der Waals surface area contributed by atoms with Gasteiger partial charge in [-0.2, -0.15) is 0 Å². The highest BCUT2D eigenvalue weighted by Gasteiger charge is 2.14. The quantitative estimate of drug-likeness (QED) is 0.620. The van der Waals surface area contributed by atoms with Gasteiger partial charge in [0, 0.05) is 30.7 Å². The van der Waals surface area contributed by atoms with E-state index in [4.69, 9.17) is 0 Å². The van der Waals surface area contributed by atoms with Crippen LogP contribution in [0.2, 0.25) is 0 Å². The van der Waals surface area contributed by atoms with Crippen molar-refractivity contribution in [2.75, 3.05) is 0 Å². The van der Waals surface area contributed by atoms with E-state index in [0.29, 0.717) is 0 Å². The van der Waals surface area contributed by atoms with Crippen molar-refractivity contribution in [2.45, 2.75) is 12.8 Å². The Hall–Kier alpha value is -2.49. The molecule has 1 aliphatic rings. The Labute approximate surface area is 110 Å². The van der Waals surface area contributed by atoms with Gasteiger partial charge in [-0.05, 0) is 17.2 Å². The van der Waals surface area contributed by atoms with E-state index in [1.165, 1.54) is 17.7 Å². The molecular formula is C15H12N2O2. The highest BCUT2D eigenvalue weighted by atomic mass is 16.6. The molecule has 0 aromatic heterocycles. The van der Waals surface area contributed by atoms with Gasteiger partial charge in [0.25, 0.3) is 5.69 Å². The lowest BCUT2D eigenvalue weighted by Crippen LogP contribution is -2.02. The summed E-state index contributed by atoms with van der Waals surface area (Å²) in [5.74, 6) is 0. The average molecular weight is 252 g/mol. The van der Waals surface area contributed by atoms with Gasteiger partial charge in [-0.15, -0.1) is 0 Å². The van der Waals surface area contributed by atoms with Gasteiger partial charge in [0.1, 0.15) is 0 Å². The first kappa shape index (κ1) is 11.6. The molecule has 1 heterocycles. The Morgan fingerprint density at radius 2 is 1.84 bits per heavy atom. The lowest BCUT2D eigenvalue weighted by molar-refractivity contribution is -0.384. The average Bonchev–Trinajstić information content (AvgIpc) is 2.81. The second-order valence-corrected chi connectivity index (χ2v) is 4.58. The van der Waals surface area contributed by atoms with Crippen LogP contribution in [0, 0.1) is 10.1 Å². The molecule has 3 rings (SSSR count).